The number of fused-ring (bicyclic) bond motifs is 2. The number of hydrogen-bond donors (Lipinski definition) is 2. The number of piperazine rings is 1. The van der Waals surface area contributed by atoms with Crippen molar-refractivity contribution in [3.8, 4) is 22.4 Å². The lowest BCUT2D eigenvalue weighted by molar-refractivity contribution is 0.0139. The highest BCUT2D eigenvalue weighted by Crippen LogP contribution is 2.30. The molecule has 3 aromatic heterocycles. The predicted octanol–water partition coefficient (Wildman–Crippen LogP) is 5.83. The van der Waals surface area contributed by atoms with Gasteiger partial charge < -0.3 is 19.6 Å². The zero-order valence-electron chi connectivity index (χ0n) is 22.0. The van der Waals surface area contributed by atoms with Crippen molar-refractivity contribution in [1.29, 1.82) is 0 Å². The van der Waals surface area contributed by atoms with Crippen LogP contribution in [0.5, 0.6) is 0 Å². The Morgan fingerprint density at radius 2 is 1.74 bits per heavy atom. The summed E-state index contributed by atoms with van der Waals surface area (Å²) in [7, 11) is 0. The van der Waals surface area contributed by atoms with Crippen LogP contribution in [0.2, 0.25) is 0 Å². The molecule has 2 aromatic carbocycles. The van der Waals surface area contributed by atoms with Crippen molar-refractivity contribution in [3.05, 3.63) is 72.7 Å². The van der Waals surface area contributed by atoms with Crippen molar-refractivity contribution in [2.75, 3.05) is 26.2 Å². The molecule has 0 spiro atoms. The number of rotatable bonds is 4. The molecule has 38 heavy (non-hydrogen) atoms. The number of nitrogens with one attached hydrogen (secondary N) is 2. The first-order valence-electron chi connectivity index (χ1n) is 13.0. The van der Waals surface area contributed by atoms with Crippen molar-refractivity contribution in [3.63, 3.8) is 0 Å². The summed E-state index contributed by atoms with van der Waals surface area (Å²) in [4.78, 5) is 32.6. The maximum atomic E-state index is 12.3. The number of aromatic amines is 2. The van der Waals surface area contributed by atoms with Crippen LogP contribution in [0.25, 0.3) is 44.5 Å². The number of carbonyl (C=O) groups is 1. The fourth-order valence-electron chi connectivity index (χ4n) is 4.93. The van der Waals surface area contributed by atoms with Gasteiger partial charge in [0.15, 0.2) is 5.65 Å². The SMILES string of the molecule is CC(C)(C)OC(=O)N1CCN(Cc2ccc(-c3cnc4[nH]cc(-c5ccc6[nH]ccc6c5)c4n3)cc2)CC1. The van der Waals surface area contributed by atoms with Crippen molar-refractivity contribution < 1.29 is 9.53 Å². The van der Waals surface area contributed by atoms with E-state index >= 15 is 0 Å². The van der Waals surface area contributed by atoms with E-state index < -0.39 is 5.60 Å². The summed E-state index contributed by atoms with van der Waals surface area (Å²) in [5, 5.41) is 1.17. The monoisotopic (exact) mass is 508 g/mol. The molecule has 1 saturated heterocycles. The average molecular weight is 509 g/mol. The van der Waals surface area contributed by atoms with Gasteiger partial charge >= 0.3 is 6.09 Å². The molecule has 1 amide bonds. The van der Waals surface area contributed by atoms with Gasteiger partial charge in [0.2, 0.25) is 0 Å². The van der Waals surface area contributed by atoms with Crippen LogP contribution < -0.4 is 0 Å². The maximum Gasteiger partial charge on any atom is 0.410 e. The lowest BCUT2D eigenvalue weighted by Gasteiger charge is -2.35. The number of hydrogen-bond acceptors (Lipinski definition) is 5. The Labute approximate surface area is 221 Å². The molecule has 8 heteroatoms. The van der Waals surface area contributed by atoms with E-state index in [9.17, 15) is 4.79 Å². The second-order valence-electron chi connectivity index (χ2n) is 10.9. The van der Waals surface area contributed by atoms with E-state index in [2.05, 4.69) is 68.4 Å². The van der Waals surface area contributed by atoms with Crippen LogP contribution in [-0.2, 0) is 11.3 Å². The van der Waals surface area contributed by atoms with E-state index in [1.165, 1.54) is 10.9 Å². The first-order valence-corrected chi connectivity index (χ1v) is 13.0. The number of nitrogens with zero attached hydrogens (tertiary/aromatic N) is 4. The lowest BCUT2D eigenvalue weighted by Crippen LogP contribution is -2.49. The van der Waals surface area contributed by atoms with Crippen molar-refractivity contribution in [1.82, 2.24) is 29.7 Å². The quantitative estimate of drug-likeness (QED) is 0.319. The third-order valence-electron chi connectivity index (χ3n) is 6.93. The molecule has 1 aliphatic rings. The Hall–Kier alpha value is -4.17. The second-order valence-corrected chi connectivity index (χ2v) is 10.9. The summed E-state index contributed by atoms with van der Waals surface area (Å²) < 4.78 is 5.51. The van der Waals surface area contributed by atoms with E-state index in [1.54, 1.807) is 4.90 Å². The van der Waals surface area contributed by atoms with E-state index in [4.69, 9.17) is 9.72 Å². The Morgan fingerprint density at radius 3 is 2.50 bits per heavy atom. The standard InChI is InChI=1S/C30H32N6O2/c1-30(2,3)38-29(37)36-14-12-35(13-15-36)19-20-4-6-21(7-5-20)26-18-33-28-27(34-26)24(17-32-28)22-8-9-25-23(16-22)10-11-31-25/h4-11,16-18,31H,12-15,19H2,1-3H3,(H,32,33). The van der Waals surface area contributed by atoms with E-state index in [-0.39, 0.29) is 6.09 Å². The molecule has 0 unspecified atom stereocenters. The van der Waals surface area contributed by atoms with Crippen LogP contribution in [0.15, 0.2) is 67.1 Å². The molecule has 1 aliphatic heterocycles. The van der Waals surface area contributed by atoms with E-state index in [0.29, 0.717) is 13.1 Å². The zero-order valence-corrected chi connectivity index (χ0v) is 22.0. The van der Waals surface area contributed by atoms with Crippen LogP contribution >= 0.6 is 0 Å². The van der Waals surface area contributed by atoms with Crippen LogP contribution in [0.3, 0.4) is 0 Å². The van der Waals surface area contributed by atoms with Gasteiger partial charge in [-0.3, -0.25) is 4.90 Å². The summed E-state index contributed by atoms with van der Waals surface area (Å²) in [6, 6.07) is 17.0. The molecule has 0 aliphatic carbocycles. The first-order chi connectivity index (χ1) is 18.3. The molecule has 5 aromatic rings. The fourth-order valence-corrected chi connectivity index (χ4v) is 4.93. The molecule has 0 atom stereocenters. The minimum absolute atomic E-state index is 0.227. The minimum atomic E-state index is -0.468. The van der Waals surface area contributed by atoms with Gasteiger partial charge in [-0.2, -0.15) is 0 Å². The third-order valence-corrected chi connectivity index (χ3v) is 6.93. The van der Waals surface area contributed by atoms with Crippen LogP contribution in [0.1, 0.15) is 26.3 Å². The molecule has 4 heterocycles. The Morgan fingerprint density at radius 1 is 0.974 bits per heavy atom. The lowest BCUT2D eigenvalue weighted by atomic mass is 10.1. The highest BCUT2D eigenvalue weighted by molar-refractivity contribution is 5.94. The van der Waals surface area contributed by atoms with Gasteiger partial charge in [-0.25, -0.2) is 14.8 Å². The average Bonchev–Trinajstić information content (AvgIpc) is 3.55. The Kier molecular flexibility index (Phi) is 6.12. The molecule has 2 N–H and O–H groups in total. The van der Waals surface area contributed by atoms with Gasteiger partial charge in [0.05, 0.1) is 11.9 Å². The van der Waals surface area contributed by atoms with Crippen LogP contribution in [0.4, 0.5) is 4.79 Å². The molecule has 0 saturated carbocycles. The zero-order chi connectivity index (χ0) is 26.3. The maximum absolute atomic E-state index is 12.3. The number of aromatic nitrogens is 4. The molecule has 8 nitrogen and oxygen atoms in total. The van der Waals surface area contributed by atoms with Crippen molar-refractivity contribution in [2.24, 2.45) is 0 Å². The van der Waals surface area contributed by atoms with Gasteiger partial charge in [0, 0.05) is 61.8 Å². The summed E-state index contributed by atoms with van der Waals surface area (Å²) in [5.74, 6) is 0. The predicted molar refractivity (Wildman–Crippen MR) is 150 cm³/mol. The molecule has 1 fully saturated rings. The highest BCUT2D eigenvalue weighted by Gasteiger charge is 2.25. The molecular weight excluding hydrogens is 476 g/mol. The number of benzene rings is 2. The van der Waals surface area contributed by atoms with Gasteiger partial charge in [0.25, 0.3) is 0 Å². The highest BCUT2D eigenvalue weighted by atomic mass is 16.6. The smallest absolute Gasteiger partial charge is 0.410 e. The number of carbonyl (C=O) groups excluding carboxylic acids is 1. The van der Waals surface area contributed by atoms with Crippen LogP contribution in [-0.4, -0.2) is 67.6 Å². The van der Waals surface area contributed by atoms with Crippen molar-refractivity contribution in [2.45, 2.75) is 32.9 Å². The largest absolute Gasteiger partial charge is 0.444 e. The first kappa shape index (κ1) is 24.2. The summed E-state index contributed by atoms with van der Waals surface area (Å²) in [5.41, 5.74) is 7.55. The van der Waals surface area contributed by atoms with E-state index in [0.717, 1.165) is 58.7 Å². The fraction of sp³-hybridized carbons (Fsp3) is 0.300. The van der Waals surface area contributed by atoms with Gasteiger partial charge in [-0.15, -0.1) is 0 Å². The van der Waals surface area contributed by atoms with Gasteiger partial charge in [-0.05, 0) is 55.5 Å². The van der Waals surface area contributed by atoms with Gasteiger partial charge in [0.1, 0.15) is 11.1 Å². The number of amides is 1. The molecule has 0 radical (unpaired) electrons. The Bertz CT molecular complexity index is 1590. The van der Waals surface area contributed by atoms with Crippen molar-refractivity contribution >= 4 is 28.2 Å². The molecular formula is C30H32N6O2. The second kappa shape index (κ2) is 9.61. The van der Waals surface area contributed by atoms with Gasteiger partial charge in [-0.1, -0.05) is 30.3 Å². The van der Waals surface area contributed by atoms with E-state index in [1.807, 2.05) is 39.4 Å². The summed E-state index contributed by atoms with van der Waals surface area (Å²) in [6.45, 7) is 9.55. The molecule has 194 valence electrons. The molecule has 6 rings (SSSR count). The normalized spacial score (nSPS) is 14.9. The summed E-state index contributed by atoms with van der Waals surface area (Å²) >= 11 is 0. The molecule has 0 bridgehead atoms. The Balaban J connectivity index is 1.14. The van der Waals surface area contributed by atoms with Crippen LogP contribution in [0, 0.1) is 0 Å². The summed E-state index contributed by atoms with van der Waals surface area (Å²) in [6.07, 6.45) is 5.53. The topological polar surface area (TPSA) is 90.1 Å². The number of ether oxygens (including phenoxy) is 1. The number of H-pyrrole nitrogens is 2. The minimum Gasteiger partial charge on any atom is -0.444 e. The third kappa shape index (κ3) is 4.99.